The molecule has 0 fully saturated rings. The molecule has 3 aromatic rings. The standard InChI is InChI=1S/C16H14Cl2N4OS/c1-22-15(9-23-13-5-3-12(17)4-6-13)20-21-16(22)24-10-11-2-7-14(18)19-8-11/h2-8H,9-10H2,1H3. The number of rotatable bonds is 6. The lowest BCUT2D eigenvalue weighted by atomic mass is 10.3. The van der Waals surface area contributed by atoms with Crippen molar-refractivity contribution in [2.75, 3.05) is 0 Å². The van der Waals surface area contributed by atoms with Crippen LogP contribution in [0.25, 0.3) is 0 Å². The number of hydrogen-bond donors (Lipinski definition) is 0. The summed E-state index contributed by atoms with van der Waals surface area (Å²) in [6.07, 6.45) is 1.76. The van der Waals surface area contributed by atoms with Gasteiger partial charge in [0.25, 0.3) is 0 Å². The first-order valence-electron chi connectivity index (χ1n) is 7.11. The molecule has 0 atom stereocenters. The Morgan fingerprint density at radius 3 is 2.58 bits per heavy atom. The molecule has 0 saturated heterocycles. The van der Waals surface area contributed by atoms with Crippen molar-refractivity contribution in [1.29, 1.82) is 0 Å². The van der Waals surface area contributed by atoms with Crippen molar-refractivity contribution in [3.05, 3.63) is 64.2 Å². The molecule has 2 aromatic heterocycles. The van der Waals surface area contributed by atoms with Gasteiger partial charge in [-0.25, -0.2) is 4.98 Å². The molecule has 8 heteroatoms. The molecule has 0 aliphatic heterocycles. The van der Waals surface area contributed by atoms with Gasteiger partial charge in [0.15, 0.2) is 11.0 Å². The molecule has 3 rings (SSSR count). The summed E-state index contributed by atoms with van der Waals surface area (Å²) in [5.74, 6) is 2.24. The number of pyridine rings is 1. The average molecular weight is 381 g/mol. The number of benzene rings is 1. The average Bonchev–Trinajstić information content (AvgIpc) is 2.94. The van der Waals surface area contributed by atoms with E-state index in [1.54, 1.807) is 36.2 Å². The second kappa shape index (κ2) is 7.88. The van der Waals surface area contributed by atoms with Gasteiger partial charge in [0.2, 0.25) is 0 Å². The Morgan fingerprint density at radius 2 is 1.88 bits per heavy atom. The van der Waals surface area contributed by atoms with Crippen LogP contribution in [0.3, 0.4) is 0 Å². The maximum absolute atomic E-state index is 5.85. The summed E-state index contributed by atoms with van der Waals surface area (Å²) in [7, 11) is 1.92. The topological polar surface area (TPSA) is 52.8 Å². The highest BCUT2D eigenvalue weighted by Crippen LogP contribution is 2.22. The van der Waals surface area contributed by atoms with Crippen LogP contribution >= 0.6 is 35.0 Å². The van der Waals surface area contributed by atoms with Crippen molar-refractivity contribution < 1.29 is 4.74 Å². The molecule has 2 heterocycles. The van der Waals surface area contributed by atoms with E-state index in [1.807, 2.05) is 29.8 Å². The number of ether oxygens (including phenoxy) is 1. The quantitative estimate of drug-likeness (QED) is 0.468. The Hall–Kier alpha value is -1.76. The highest BCUT2D eigenvalue weighted by atomic mass is 35.5. The molecule has 0 N–H and O–H groups in total. The molecule has 0 amide bonds. The summed E-state index contributed by atoms with van der Waals surface area (Å²) >= 11 is 13.2. The molecule has 0 radical (unpaired) electrons. The molecule has 0 unspecified atom stereocenters. The molecular weight excluding hydrogens is 367 g/mol. The lowest BCUT2D eigenvalue weighted by Crippen LogP contribution is -2.04. The smallest absolute Gasteiger partial charge is 0.191 e. The lowest BCUT2D eigenvalue weighted by molar-refractivity contribution is 0.290. The minimum atomic E-state index is 0.341. The summed E-state index contributed by atoms with van der Waals surface area (Å²) < 4.78 is 7.62. The third-order valence-corrected chi connectivity index (χ3v) is 4.83. The van der Waals surface area contributed by atoms with E-state index in [9.17, 15) is 0 Å². The van der Waals surface area contributed by atoms with Gasteiger partial charge >= 0.3 is 0 Å². The van der Waals surface area contributed by atoms with Crippen molar-refractivity contribution in [1.82, 2.24) is 19.7 Å². The largest absolute Gasteiger partial charge is 0.486 e. The van der Waals surface area contributed by atoms with Crippen molar-refractivity contribution in [2.45, 2.75) is 17.5 Å². The highest BCUT2D eigenvalue weighted by molar-refractivity contribution is 7.98. The van der Waals surface area contributed by atoms with Crippen LogP contribution in [0.5, 0.6) is 5.75 Å². The van der Waals surface area contributed by atoms with Gasteiger partial charge in [-0.15, -0.1) is 10.2 Å². The minimum absolute atomic E-state index is 0.341. The molecule has 24 heavy (non-hydrogen) atoms. The van der Waals surface area contributed by atoms with Crippen LogP contribution in [-0.2, 0) is 19.4 Å². The van der Waals surface area contributed by atoms with Gasteiger partial charge in [0.05, 0.1) is 0 Å². The lowest BCUT2D eigenvalue weighted by Gasteiger charge is -2.06. The number of aromatic nitrogens is 4. The van der Waals surface area contributed by atoms with Crippen LogP contribution in [0.15, 0.2) is 47.8 Å². The Labute approximate surface area is 154 Å². The van der Waals surface area contributed by atoms with E-state index in [2.05, 4.69) is 15.2 Å². The van der Waals surface area contributed by atoms with E-state index in [0.29, 0.717) is 16.8 Å². The third kappa shape index (κ3) is 4.41. The van der Waals surface area contributed by atoms with E-state index < -0.39 is 0 Å². The summed E-state index contributed by atoms with van der Waals surface area (Å²) in [5.41, 5.74) is 1.08. The second-order valence-corrected chi connectivity index (χ2v) is 6.74. The number of thioether (sulfide) groups is 1. The number of nitrogens with zero attached hydrogens (tertiary/aromatic N) is 4. The zero-order valence-electron chi connectivity index (χ0n) is 12.8. The van der Waals surface area contributed by atoms with Crippen LogP contribution in [-0.4, -0.2) is 19.7 Å². The molecular formula is C16H14Cl2N4OS. The summed E-state index contributed by atoms with van der Waals surface area (Å²) in [6, 6.07) is 10.9. The fourth-order valence-corrected chi connectivity index (χ4v) is 3.02. The zero-order chi connectivity index (χ0) is 16.9. The first kappa shape index (κ1) is 17.1. The third-order valence-electron chi connectivity index (χ3n) is 3.26. The SMILES string of the molecule is Cn1c(COc2ccc(Cl)cc2)nnc1SCc1ccc(Cl)nc1. The Balaban J connectivity index is 1.58. The van der Waals surface area contributed by atoms with Gasteiger partial charge < -0.3 is 9.30 Å². The molecule has 124 valence electrons. The predicted molar refractivity (Wildman–Crippen MR) is 95.6 cm³/mol. The molecule has 0 bridgehead atoms. The summed E-state index contributed by atoms with van der Waals surface area (Å²) in [4.78, 5) is 4.07. The molecule has 0 saturated carbocycles. The zero-order valence-corrected chi connectivity index (χ0v) is 15.1. The van der Waals surface area contributed by atoms with Gasteiger partial charge in [-0.2, -0.15) is 0 Å². The van der Waals surface area contributed by atoms with Crippen molar-refractivity contribution in [2.24, 2.45) is 7.05 Å². The van der Waals surface area contributed by atoms with E-state index in [4.69, 9.17) is 27.9 Å². The van der Waals surface area contributed by atoms with Crippen LogP contribution in [0.1, 0.15) is 11.4 Å². The highest BCUT2D eigenvalue weighted by Gasteiger charge is 2.10. The fraction of sp³-hybridized carbons (Fsp3) is 0.188. The van der Waals surface area contributed by atoms with Crippen LogP contribution < -0.4 is 4.74 Å². The van der Waals surface area contributed by atoms with Crippen molar-refractivity contribution >= 4 is 35.0 Å². The van der Waals surface area contributed by atoms with Crippen molar-refractivity contribution in [3.63, 3.8) is 0 Å². The van der Waals surface area contributed by atoms with Gasteiger partial charge in [-0.05, 0) is 35.9 Å². The molecule has 1 aromatic carbocycles. The van der Waals surface area contributed by atoms with Crippen LogP contribution in [0, 0.1) is 0 Å². The Morgan fingerprint density at radius 1 is 1.08 bits per heavy atom. The Bertz CT molecular complexity index is 739. The summed E-state index contributed by atoms with van der Waals surface area (Å²) in [5, 5.41) is 10.4. The maximum Gasteiger partial charge on any atom is 0.191 e. The monoisotopic (exact) mass is 380 g/mol. The fourth-order valence-electron chi connectivity index (χ4n) is 1.91. The van der Waals surface area contributed by atoms with E-state index in [-0.39, 0.29) is 0 Å². The normalized spacial score (nSPS) is 10.8. The van der Waals surface area contributed by atoms with E-state index >= 15 is 0 Å². The van der Waals surface area contributed by atoms with Crippen molar-refractivity contribution in [3.8, 4) is 5.75 Å². The van der Waals surface area contributed by atoms with E-state index in [0.717, 1.165) is 28.0 Å². The molecule has 0 aliphatic rings. The molecule has 0 aliphatic carbocycles. The van der Waals surface area contributed by atoms with Crippen LogP contribution in [0.2, 0.25) is 10.2 Å². The van der Waals surface area contributed by atoms with Gasteiger partial charge in [0.1, 0.15) is 17.5 Å². The molecule has 5 nitrogen and oxygen atoms in total. The predicted octanol–water partition coefficient (Wildman–Crippen LogP) is 4.39. The minimum Gasteiger partial charge on any atom is -0.486 e. The van der Waals surface area contributed by atoms with E-state index in [1.165, 1.54) is 0 Å². The van der Waals surface area contributed by atoms with Gasteiger partial charge in [-0.3, -0.25) is 0 Å². The first-order valence-corrected chi connectivity index (χ1v) is 8.86. The number of halogens is 2. The molecule has 0 spiro atoms. The first-order chi connectivity index (χ1) is 11.6. The summed E-state index contributed by atoms with van der Waals surface area (Å²) in [6.45, 7) is 0.341. The van der Waals surface area contributed by atoms with Gasteiger partial charge in [0, 0.05) is 24.0 Å². The second-order valence-electron chi connectivity index (χ2n) is 4.98. The maximum atomic E-state index is 5.85. The number of hydrogen-bond acceptors (Lipinski definition) is 5. The van der Waals surface area contributed by atoms with Crippen LogP contribution in [0.4, 0.5) is 0 Å². The Kier molecular flexibility index (Phi) is 5.60. The van der Waals surface area contributed by atoms with Gasteiger partial charge in [-0.1, -0.05) is 41.0 Å².